The van der Waals surface area contributed by atoms with Crippen LogP contribution in [0.2, 0.25) is 0 Å². The largest absolute Gasteiger partial charge is 0.398 e. The molecule has 0 aromatic heterocycles. The fourth-order valence-electron chi connectivity index (χ4n) is 1.67. The number of nitrogens with one attached hydrogen (secondary N) is 1. The minimum absolute atomic E-state index is 0.798. The van der Waals surface area contributed by atoms with E-state index in [9.17, 15) is 0 Å². The van der Waals surface area contributed by atoms with E-state index < -0.39 is 0 Å². The zero-order valence-corrected chi connectivity index (χ0v) is 11.5. The Kier molecular flexibility index (Phi) is 3.38. The van der Waals surface area contributed by atoms with Crippen molar-refractivity contribution >= 4 is 33.0 Å². The van der Waals surface area contributed by atoms with E-state index in [-0.39, 0.29) is 0 Å². The van der Waals surface area contributed by atoms with Gasteiger partial charge in [0, 0.05) is 15.8 Å². The quantitative estimate of drug-likeness (QED) is 0.805. The van der Waals surface area contributed by atoms with Crippen LogP contribution in [0.1, 0.15) is 11.1 Å². The molecule has 2 nitrogen and oxygen atoms in total. The lowest BCUT2D eigenvalue weighted by atomic mass is 10.1. The van der Waals surface area contributed by atoms with E-state index in [1.54, 1.807) is 0 Å². The Morgan fingerprint density at radius 1 is 1.12 bits per heavy atom. The number of nitrogen functional groups attached to an aromatic ring is 1. The van der Waals surface area contributed by atoms with Crippen LogP contribution < -0.4 is 11.1 Å². The maximum atomic E-state index is 5.85. The van der Waals surface area contributed by atoms with Gasteiger partial charge in [0.05, 0.1) is 5.69 Å². The third-order valence-corrected chi connectivity index (χ3v) is 3.31. The van der Waals surface area contributed by atoms with Crippen molar-refractivity contribution in [3.63, 3.8) is 0 Å². The molecule has 0 amide bonds. The molecule has 2 aromatic carbocycles. The molecule has 88 valence electrons. The summed E-state index contributed by atoms with van der Waals surface area (Å²) in [4.78, 5) is 0. The van der Waals surface area contributed by atoms with E-state index >= 15 is 0 Å². The molecule has 0 heterocycles. The number of anilines is 3. The van der Waals surface area contributed by atoms with Gasteiger partial charge < -0.3 is 11.1 Å². The van der Waals surface area contributed by atoms with Gasteiger partial charge in [-0.25, -0.2) is 0 Å². The Balaban J connectivity index is 2.33. The van der Waals surface area contributed by atoms with Crippen molar-refractivity contribution in [2.24, 2.45) is 0 Å². The Morgan fingerprint density at radius 2 is 1.88 bits per heavy atom. The average molecular weight is 291 g/mol. The van der Waals surface area contributed by atoms with E-state index in [0.29, 0.717) is 0 Å². The van der Waals surface area contributed by atoms with Gasteiger partial charge in [0.15, 0.2) is 0 Å². The molecule has 17 heavy (non-hydrogen) atoms. The van der Waals surface area contributed by atoms with Gasteiger partial charge in [-0.1, -0.05) is 12.1 Å². The normalized spacial score (nSPS) is 10.3. The van der Waals surface area contributed by atoms with Gasteiger partial charge in [-0.15, -0.1) is 0 Å². The van der Waals surface area contributed by atoms with E-state index in [1.807, 2.05) is 31.2 Å². The van der Waals surface area contributed by atoms with Crippen LogP contribution >= 0.6 is 15.9 Å². The summed E-state index contributed by atoms with van der Waals surface area (Å²) in [6, 6.07) is 12.2. The number of benzene rings is 2. The van der Waals surface area contributed by atoms with Crippen molar-refractivity contribution < 1.29 is 0 Å². The number of nitrogens with two attached hydrogens (primary N) is 1. The van der Waals surface area contributed by atoms with Gasteiger partial charge in [-0.2, -0.15) is 0 Å². The highest BCUT2D eigenvalue weighted by molar-refractivity contribution is 9.10. The zero-order valence-electron chi connectivity index (χ0n) is 9.92. The van der Waals surface area contributed by atoms with Crippen molar-refractivity contribution in [2.45, 2.75) is 13.8 Å². The van der Waals surface area contributed by atoms with Crippen molar-refractivity contribution in [2.75, 3.05) is 11.1 Å². The second-order valence-electron chi connectivity index (χ2n) is 4.18. The second-order valence-corrected chi connectivity index (χ2v) is 5.04. The molecule has 0 aliphatic rings. The first-order valence-electron chi connectivity index (χ1n) is 5.45. The topological polar surface area (TPSA) is 38.0 Å². The highest BCUT2D eigenvalue weighted by Gasteiger charge is 2.04. The summed E-state index contributed by atoms with van der Waals surface area (Å²) in [5.74, 6) is 0. The third-order valence-electron chi connectivity index (χ3n) is 2.65. The SMILES string of the molecule is Cc1cccc(Nc2cc(C)c(N)cc2Br)c1. The minimum atomic E-state index is 0.798. The Bertz CT molecular complexity index is 550. The Hall–Kier alpha value is -1.48. The van der Waals surface area contributed by atoms with Gasteiger partial charge in [-0.3, -0.25) is 0 Å². The molecule has 0 spiro atoms. The molecule has 0 aliphatic carbocycles. The van der Waals surface area contributed by atoms with Gasteiger partial charge in [0.1, 0.15) is 0 Å². The van der Waals surface area contributed by atoms with Crippen molar-refractivity contribution in [1.82, 2.24) is 0 Å². The van der Waals surface area contributed by atoms with E-state index in [0.717, 1.165) is 27.1 Å². The lowest BCUT2D eigenvalue weighted by Crippen LogP contribution is -1.95. The highest BCUT2D eigenvalue weighted by atomic mass is 79.9. The molecule has 0 saturated heterocycles. The first kappa shape index (κ1) is 12.0. The Labute approximate surface area is 110 Å². The molecule has 0 fully saturated rings. The number of halogens is 1. The summed E-state index contributed by atoms with van der Waals surface area (Å²) in [6.45, 7) is 4.08. The van der Waals surface area contributed by atoms with E-state index in [4.69, 9.17) is 5.73 Å². The molecule has 0 atom stereocenters. The Morgan fingerprint density at radius 3 is 2.59 bits per heavy atom. The number of hydrogen-bond donors (Lipinski definition) is 2. The molecule has 3 heteroatoms. The van der Waals surface area contributed by atoms with Gasteiger partial charge in [0.2, 0.25) is 0 Å². The molecule has 0 aliphatic heterocycles. The van der Waals surface area contributed by atoms with Crippen LogP contribution in [0.25, 0.3) is 0 Å². The summed E-state index contributed by atoms with van der Waals surface area (Å²) in [5, 5.41) is 3.38. The number of rotatable bonds is 2. The zero-order chi connectivity index (χ0) is 12.4. The molecule has 0 unspecified atom stereocenters. The average Bonchev–Trinajstić information content (AvgIpc) is 2.26. The first-order chi connectivity index (χ1) is 8.06. The van der Waals surface area contributed by atoms with Gasteiger partial charge in [-0.05, 0) is 65.2 Å². The molecule has 2 aromatic rings. The summed E-state index contributed by atoms with van der Waals surface area (Å²) < 4.78 is 0.974. The molecule has 0 bridgehead atoms. The smallest absolute Gasteiger partial charge is 0.0532 e. The first-order valence-corrected chi connectivity index (χ1v) is 6.25. The molecule has 2 rings (SSSR count). The van der Waals surface area contributed by atoms with Crippen LogP contribution in [0.3, 0.4) is 0 Å². The van der Waals surface area contributed by atoms with E-state index in [1.165, 1.54) is 5.56 Å². The van der Waals surface area contributed by atoms with Crippen LogP contribution in [0.5, 0.6) is 0 Å². The third kappa shape index (κ3) is 2.80. The van der Waals surface area contributed by atoms with Crippen molar-refractivity contribution in [3.8, 4) is 0 Å². The van der Waals surface area contributed by atoms with Gasteiger partial charge >= 0.3 is 0 Å². The van der Waals surface area contributed by atoms with Crippen LogP contribution in [-0.2, 0) is 0 Å². The standard InChI is InChI=1S/C14H15BrN2/c1-9-4-3-5-11(6-9)17-14-7-10(2)13(16)8-12(14)15/h3-8,17H,16H2,1-2H3. The van der Waals surface area contributed by atoms with Gasteiger partial charge in [0.25, 0.3) is 0 Å². The fourth-order valence-corrected chi connectivity index (χ4v) is 2.13. The second kappa shape index (κ2) is 4.80. The molecule has 0 saturated carbocycles. The van der Waals surface area contributed by atoms with Crippen LogP contribution in [0, 0.1) is 13.8 Å². The summed E-state index contributed by atoms with van der Waals surface area (Å²) in [7, 11) is 0. The van der Waals surface area contributed by atoms with E-state index in [2.05, 4.69) is 40.3 Å². The van der Waals surface area contributed by atoms with Crippen LogP contribution in [0.4, 0.5) is 17.1 Å². The lowest BCUT2D eigenvalue weighted by molar-refractivity contribution is 1.41. The monoisotopic (exact) mass is 290 g/mol. The number of hydrogen-bond acceptors (Lipinski definition) is 2. The van der Waals surface area contributed by atoms with Crippen LogP contribution in [0.15, 0.2) is 40.9 Å². The van der Waals surface area contributed by atoms with Crippen molar-refractivity contribution in [3.05, 3.63) is 52.0 Å². The highest BCUT2D eigenvalue weighted by Crippen LogP contribution is 2.30. The molecular formula is C14H15BrN2. The number of aryl methyl sites for hydroxylation is 2. The molecular weight excluding hydrogens is 276 g/mol. The maximum absolute atomic E-state index is 5.85. The fraction of sp³-hybridized carbons (Fsp3) is 0.143. The maximum Gasteiger partial charge on any atom is 0.0532 e. The predicted molar refractivity (Wildman–Crippen MR) is 77.8 cm³/mol. The van der Waals surface area contributed by atoms with Crippen LogP contribution in [-0.4, -0.2) is 0 Å². The molecule has 3 N–H and O–H groups in total. The molecule has 0 radical (unpaired) electrons. The lowest BCUT2D eigenvalue weighted by Gasteiger charge is -2.11. The summed E-state index contributed by atoms with van der Waals surface area (Å²) in [5.41, 5.74) is 11.1. The minimum Gasteiger partial charge on any atom is -0.398 e. The predicted octanol–water partition coefficient (Wildman–Crippen LogP) is 4.39. The van der Waals surface area contributed by atoms with Crippen molar-refractivity contribution in [1.29, 1.82) is 0 Å². The summed E-state index contributed by atoms with van der Waals surface area (Å²) >= 11 is 3.51. The summed E-state index contributed by atoms with van der Waals surface area (Å²) in [6.07, 6.45) is 0.